The van der Waals surface area contributed by atoms with Crippen molar-refractivity contribution in [2.45, 2.75) is 24.4 Å². The van der Waals surface area contributed by atoms with E-state index in [0.29, 0.717) is 0 Å². The molecule has 2 rings (SSSR count). The second-order valence-electron chi connectivity index (χ2n) is 6.35. The quantitative estimate of drug-likeness (QED) is 0.557. The number of carbonyl (C=O) groups excluding carboxylic acids is 1. The Morgan fingerprint density at radius 2 is 2.04 bits per heavy atom. The van der Waals surface area contributed by atoms with Crippen molar-refractivity contribution in [2.24, 2.45) is 0 Å². The molecule has 0 aromatic carbocycles. The molecule has 0 bridgehead atoms. The van der Waals surface area contributed by atoms with Crippen LogP contribution in [0.2, 0.25) is 0 Å². The van der Waals surface area contributed by atoms with Crippen molar-refractivity contribution in [3.8, 4) is 0 Å². The van der Waals surface area contributed by atoms with Crippen LogP contribution in [-0.4, -0.2) is 97.7 Å². The third kappa shape index (κ3) is 4.55. The maximum atomic E-state index is 12.0. The number of ether oxygens (including phenoxy) is 1. The molecule has 1 aliphatic heterocycles. The molecule has 2 heterocycles. The highest BCUT2D eigenvalue weighted by molar-refractivity contribution is 5.91. The Kier molecular flexibility index (Phi) is 6.76. The molecule has 3 N–H and O–H groups in total. The predicted octanol–water partition coefficient (Wildman–Crippen LogP) is -1.01. The summed E-state index contributed by atoms with van der Waals surface area (Å²) in [5.41, 5.74) is 0. The van der Waals surface area contributed by atoms with Crippen LogP contribution in [0.25, 0.3) is 0 Å². The van der Waals surface area contributed by atoms with Crippen molar-refractivity contribution in [1.29, 1.82) is 0 Å². The van der Waals surface area contributed by atoms with Crippen molar-refractivity contribution < 1.29 is 24.2 Å². The van der Waals surface area contributed by atoms with Gasteiger partial charge in [-0.2, -0.15) is 0 Å². The van der Waals surface area contributed by atoms with Crippen LogP contribution >= 0.6 is 0 Å². The second kappa shape index (κ2) is 8.59. The molecule has 136 valence electrons. The first kappa shape index (κ1) is 18.9. The Morgan fingerprint density at radius 3 is 2.62 bits per heavy atom. The highest BCUT2D eigenvalue weighted by Crippen LogP contribution is 2.24. The summed E-state index contributed by atoms with van der Waals surface area (Å²) >= 11 is 0. The van der Waals surface area contributed by atoms with Gasteiger partial charge < -0.3 is 29.6 Å². The monoisotopic (exact) mass is 341 g/mol. The molecule has 0 radical (unpaired) electrons. The molecule has 4 atom stereocenters. The zero-order valence-corrected chi connectivity index (χ0v) is 14.4. The first-order valence-corrected chi connectivity index (χ1v) is 8.05. The maximum Gasteiger partial charge on any atom is 0.287 e. The standard InChI is InChI=1S/C16H27N3O5/c1-18(2)6-7-19(3)14-12(24-13(10-20)15(14)21)9-17-16(22)11-5-4-8-23-11/h4-5,8,12-15,20-21H,6-7,9-10H2,1-3H3,(H,17,22)/t12-,13+,14+,15-/m1/s1. The summed E-state index contributed by atoms with van der Waals surface area (Å²) in [4.78, 5) is 16.0. The first-order valence-electron chi connectivity index (χ1n) is 8.05. The lowest BCUT2D eigenvalue weighted by Gasteiger charge is -2.31. The average Bonchev–Trinajstić information content (AvgIpc) is 3.18. The van der Waals surface area contributed by atoms with Crippen LogP contribution in [0.4, 0.5) is 0 Å². The normalized spacial score (nSPS) is 27.1. The van der Waals surface area contributed by atoms with Crippen LogP contribution in [0.3, 0.4) is 0 Å². The highest BCUT2D eigenvalue weighted by Gasteiger charge is 2.45. The van der Waals surface area contributed by atoms with Gasteiger partial charge in [-0.05, 0) is 33.3 Å². The summed E-state index contributed by atoms with van der Waals surface area (Å²) in [6.07, 6.45) is -0.442. The number of aliphatic hydroxyl groups excluding tert-OH is 2. The minimum Gasteiger partial charge on any atom is -0.459 e. The summed E-state index contributed by atoms with van der Waals surface area (Å²) in [7, 11) is 5.86. The zero-order chi connectivity index (χ0) is 17.7. The van der Waals surface area contributed by atoms with Gasteiger partial charge in [-0.3, -0.25) is 9.69 Å². The Hall–Kier alpha value is -1.45. The summed E-state index contributed by atoms with van der Waals surface area (Å²) in [6.45, 7) is 1.53. The molecule has 8 heteroatoms. The van der Waals surface area contributed by atoms with Gasteiger partial charge >= 0.3 is 0 Å². The molecule has 0 unspecified atom stereocenters. The van der Waals surface area contributed by atoms with E-state index in [1.807, 2.05) is 26.0 Å². The average molecular weight is 341 g/mol. The number of carbonyl (C=O) groups is 1. The van der Waals surface area contributed by atoms with Crippen LogP contribution < -0.4 is 5.32 Å². The molecule has 0 spiro atoms. The van der Waals surface area contributed by atoms with E-state index in [9.17, 15) is 15.0 Å². The van der Waals surface area contributed by atoms with Gasteiger partial charge in [0.1, 0.15) is 12.2 Å². The SMILES string of the molecule is CN(C)CCN(C)[C@@H]1[C@H](O)[C@H](CO)O[C@@H]1CNC(=O)c1ccco1. The topological polar surface area (TPSA) is 98.4 Å². The molecule has 8 nitrogen and oxygen atoms in total. The smallest absolute Gasteiger partial charge is 0.287 e. The van der Waals surface area contributed by atoms with Gasteiger partial charge in [0.25, 0.3) is 5.91 Å². The van der Waals surface area contributed by atoms with Crippen LogP contribution in [0.1, 0.15) is 10.6 Å². The molecule has 0 saturated carbocycles. The summed E-state index contributed by atoms with van der Waals surface area (Å²) in [6, 6.07) is 2.92. The van der Waals surface area contributed by atoms with Gasteiger partial charge in [-0.25, -0.2) is 0 Å². The number of furan rings is 1. The molecular weight excluding hydrogens is 314 g/mol. The fourth-order valence-electron chi connectivity index (χ4n) is 2.88. The van der Waals surface area contributed by atoms with Crippen LogP contribution in [0.5, 0.6) is 0 Å². The number of amides is 1. The number of likely N-dealkylation sites (N-methyl/N-ethyl adjacent to an activating group) is 2. The summed E-state index contributed by atoms with van der Waals surface area (Å²) in [5, 5.41) is 22.6. The molecule has 0 aliphatic carbocycles. The molecule has 1 aromatic rings. The number of nitrogens with zero attached hydrogens (tertiary/aromatic N) is 2. The predicted molar refractivity (Wildman–Crippen MR) is 87.8 cm³/mol. The molecule has 1 saturated heterocycles. The molecule has 1 aliphatic rings. The second-order valence-corrected chi connectivity index (χ2v) is 6.35. The fourth-order valence-corrected chi connectivity index (χ4v) is 2.88. The Bertz CT molecular complexity index is 508. The van der Waals surface area contributed by atoms with E-state index < -0.39 is 18.3 Å². The lowest BCUT2D eigenvalue weighted by molar-refractivity contribution is -0.0209. The van der Waals surface area contributed by atoms with Gasteiger partial charge in [-0.1, -0.05) is 0 Å². The zero-order valence-electron chi connectivity index (χ0n) is 14.4. The van der Waals surface area contributed by atoms with E-state index in [0.717, 1.165) is 13.1 Å². The number of rotatable bonds is 8. The van der Waals surface area contributed by atoms with Crippen molar-refractivity contribution in [3.63, 3.8) is 0 Å². The number of hydrogen-bond acceptors (Lipinski definition) is 7. The van der Waals surface area contributed by atoms with Crippen molar-refractivity contribution in [2.75, 3.05) is 47.4 Å². The molecular formula is C16H27N3O5. The van der Waals surface area contributed by atoms with Crippen LogP contribution in [0.15, 0.2) is 22.8 Å². The van der Waals surface area contributed by atoms with E-state index >= 15 is 0 Å². The van der Waals surface area contributed by atoms with Gasteiger partial charge in [0.05, 0.1) is 25.0 Å². The molecule has 24 heavy (non-hydrogen) atoms. The van der Waals surface area contributed by atoms with E-state index in [4.69, 9.17) is 9.15 Å². The fraction of sp³-hybridized carbons (Fsp3) is 0.688. The van der Waals surface area contributed by atoms with Crippen molar-refractivity contribution >= 4 is 5.91 Å². The van der Waals surface area contributed by atoms with E-state index in [2.05, 4.69) is 10.2 Å². The minimum atomic E-state index is -0.812. The van der Waals surface area contributed by atoms with Crippen molar-refractivity contribution in [3.05, 3.63) is 24.2 Å². The van der Waals surface area contributed by atoms with E-state index in [-0.39, 0.29) is 30.9 Å². The van der Waals surface area contributed by atoms with Crippen LogP contribution in [-0.2, 0) is 4.74 Å². The Labute approximate surface area is 142 Å². The van der Waals surface area contributed by atoms with Gasteiger partial charge in [0.15, 0.2) is 5.76 Å². The molecule has 1 aromatic heterocycles. The minimum absolute atomic E-state index is 0.226. The Morgan fingerprint density at radius 1 is 1.29 bits per heavy atom. The van der Waals surface area contributed by atoms with E-state index in [1.165, 1.54) is 6.26 Å². The Balaban J connectivity index is 1.97. The summed E-state index contributed by atoms with van der Waals surface area (Å²) in [5.74, 6) is -0.106. The molecule has 1 amide bonds. The van der Waals surface area contributed by atoms with Crippen molar-refractivity contribution in [1.82, 2.24) is 15.1 Å². The number of hydrogen-bond donors (Lipinski definition) is 3. The lowest BCUT2D eigenvalue weighted by Crippen LogP contribution is -2.51. The number of nitrogens with one attached hydrogen (secondary N) is 1. The van der Waals surface area contributed by atoms with Gasteiger partial charge in [0, 0.05) is 19.6 Å². The molecule has 1 fully saturated rings. The third-order valence-corrected chi connectivity index (χ3v) is 4.26. The van der Waals surface area contributed by atoms with E-state index in [1.54, 1.807) is 12.1 Å². The van der Waals surface area contributed by atoms with Gasteiger partial charge in [0.2, 0.25) is 0 Å². The highest BCUT2D eigenvalue weighted by atomic mass is 16.5. The lowest BCUT2D eigenvalue weighted by atomic mass is 10.0. The maximum absolute atomic E-state index is 12.0. The number of aliphatic hydroxyl groups is 2. The van der Waals surface area contributed by atoms with Gasteiger partial charge in [-0.15, -0.1) is 0 Å². The summed E-state index contributed by atoms with van der Waals surface area (Å²) < 4.78 is 10.8. The van der Waals surface area contributed by atoms with Crippen LogP contribution in [0, 0.1) is 0 Å². The largest absolute Gasteiger partial charge is 0.459 e. The third-order valence-electron chi connectivity index (χ3n) is 4.26. The first-order chi connectivity index (χ1) is 11.4.